The molecule has 0 aliphatic heterocycles. The van der Waals surface area contributed by atoms with Gasteiger partial charge in [-0.15, -0.1) is 0 Å². The Kier molecular flexibility index (Phi) is 4.30. The zero-order valence-corrected chi connectivity index (χ0v) is 14.0. The minimum absolute atomic E-state index is 0.281. The van der Waals surface area contributed by atoms with E-state index in [0.29, 0.717) is 10.1 Å². The van der Waals surface area contributed by atoms with Crippen LogP contribution >= 0.6 is 24.0 Å². The molecule has 0 saturated heterocycles. The Labute approximate surface area is 133 Å². The van der Waals surface area contributed by atoms with Gasteiger partial charge in [-0.2, -0.15) is 0 Å². The minimum Gasteiger partial charge on any atom is -0.464 e. The number of fused-ring (bicyclic) bond motifs is 1. The second-order valence-corrected chi connectivity index (χ2v) is 7.09. The highest BCUT2D eigenvalue weighted by Gasteiger charge is 2.25. The molecule has 0 unspecified atom stereocenters. The number of rotatable bonds is 1. The summed E-state index contributed by atoms with van der Waals surface area (Å²) in [7, 11) is 0. The molecule has 0 atom stereocenters. The maximum Gasteiger partial charge on any atom is 0.415 e. The molecule has 6 heteroatoms. The Bertz CT molecular complexity index is 714. The summed E-state index contributed by atoms with van der Waals surface area (Å²) in [5.41, 5.74) is 0.487. The summed E-state index contributed by atoms with van der Waals surface area (Å²) in [4.78, 5) is 11.5. The Morgan fingerprint density at radius 1 is 1.38 bits per heavy atom. The fraction of sp³-hybridized carbons (Fsp3) is 0.333. The third-order valence-corrected chi connectivity index (χ3v) is 4.07. The van der Waals surface area contributed by atoms with E-state index in [-0.39, 0.29) is 5.41 Å². The number of thiocarbonyl (C=S) groups is 1. The van der Waals surface area contributed by atoms with Gasteiger partial charge in [0.15, 0.2) is 0 Å². The molecule has 2 aromatic rings. The van der Waals surface area contributed by atoms with Gasteiger partial charge in [0.2, 0.25) is 4.38 Å². The number of aromatic nitrogens is 1. The smallest absolute Gasteiger partial charge is 0.415 e. The van der Waals surface area contributed by atoms with Crippen LogP contribution in [0.5, 0.6) is 5.75 Å². The predicted octanol–water partition coefficient (Wildman–Crippen LogP) is 4.49. The molecule has 4 nitrogen and oxygen atoms in total. The predicted molar refractivity (Wildman–Crippen MR) is 90.8 cm³/mol. The molecule has 1 aromatic carbocycles. The second-order valence-electron chi connectivity index (χ2n) is 5.69. The maximum absolute atomic E-state index is 11.5. The monoisotopic (exact) mass is 323 g/mol. The minimum atomic E-state index is -0.988. The third kappa shape index (κ3) is 3.22. The van der Waals surface area contributed by atoms with Crippen molar-refractivity contribution in [3.8, 4) is 5.75 Å². The van der Waals surface area contributed by atoms with Crippen LogP contribution in [0.2, 0.25) is 0 Å². The van der Waals surface area contributed by atoms with Gasteiger partial charge >= 0.3 is 6.09 Å². The van der Waals surface area contributed by atoms with Crippen molar-refractivity contribution in [2.24, 2.45) is 0 Å². The first-order chi connectivity index (χ1) is 9.74. The number of ether oxygens (including phenoxy) is 1. The van der Waals surface area contributed by atoms with Gasteiger partial charge in [0, 0.05) is 28.1 Å². The van der Waals surface area contributed by atoms with Crippen LogP contribution in [-0.4, -0.2) is 26.4 Å². The number of hydrogen-bond donors (Lipinski definition) is 1. The molecular formula is C15H17NO3S2. The molecular weight excluding hydrogens is 306 g/mol. The quantitative estimate of drug-likeness (QED) is 0.784. The molecule has 21 heavy (non-hydrogen) atoms. The third-order valence-electron chi connectivity index (χ3n) is 3.07. The molecule has 0 bridgehead atoms. The van der Waals surface area contributed by atoms with Crippen LogP contribution in [0.15, 0.2) is 24.4 Å². The molecule has 1 aromatic heterocycles. The normalized spacial score (nSPS) is 11.6. The van der Waals surface area contributed by atoms with Gasteiger partial charge in [-0.3, -0.25) is 4.57 Å². The molecule has 0 fully saturated rings. The lowest BCUT2D eigenvalue weighted by molar-refractivity contribution is 0.194. The van der Waals surface area contributed by atoms with Crippen LogP contribution in [0, 0.1) is 0 Å². The van der Waals surface area contributed by atoms with E-state index < -0.39 is 6.09 Å². The van der Waals surface area contributed by atoms with Gasteiger partial charge in [0.25, 0.3) is 0 Å². The summed E-state index contributed by atoms with van der Waals surface area (Å²) in [6.45, 7) is 5.98. The van der Waals surface area contributed by atoms with E-state index in [9.17, 15) is 9.90 Å². The number of nitrogens with zero attached hydrogens (tertiary/aromatic N) is 1. The van der Waals surface area contributed by atoms with Gasteiger partial charge in [0.1, 0.15) is 5.75 Å². The number of carboxylic acid groups (broad SMARTS) is 1. The van der Waals surface area contributed by atoms with Crippen LogP contribution in [0.3, 0.4) is 0 Å². The molecule has 0 saturated carbocycles. The Morgan fingerprint density at radius 2 is 2.05 bits per heavy atom. The lowest BCUT2D eigenvalue weighted by atomic mass is 9.89. The van der Waals surface area contributed by atoms with E-state index in [2.05, 4.69) is 0 Å². The Balaban J connectivity index is 2.60. The first-order valence-corrected chi connectivity index (χ1v) is 8.02. The maximum atomic E-state index is 11.5. The number of benzene rings is 1. The van der Waals surface area contributed by atoms with Gasteiger partial charge in [0.05, 0.1) is 0 Å². The van der Waals surface area contributed by atoms with Crippen LogP contribution in [0.4, 0.5) is 4.79 Å². The summed E-state index contributed by atoms with van der Waals surface area (Å²) < 4.78 is 7.22. The SMILES string of the molecule is CSC(=S)Oc1ccc2c(C(C)(C)C)n(C(=O)O)cc2c1. The zero-order valence-electron chi connectivity index (χ0n) is 12.3. The van der Waals surface area contributed by atoms with Gasteiger partial charge < -0.3 is 9.84 Å². The Hall–Kier alpha value is -1.53. The largest absolute Gasteiger partial charge is 0.464 e. The van der Waals surface area contributed by atoms with E-state index in [1.54, 1.807) is 6.20 Å². The van der Waals surface area contributed by atoms with E-state index in [1.807, 2.05) is 45.2 Å². The second kappa shape index (κ2) is 5.69. The summed E-state index contributed by atoms with van der Waals surface area (Å²) in [6.07, 6.45) is 2.48. The van der Waals surface area contributed by atoms with Crippen LogP contribution < -0.4 is 4.74 Å². The summed E-state index contributed by atoms with van der Waals surface area (Å²) in [5.74, 6) is 0.616. The van der Waals surface area contributed by atoms with Gasteiger partial charge in [-0.25, -0.2) is 4.79 Å². The summed E-state index contributed by atoms with van der Waals surface area (Å²) >= 11 is 6.39. The van der Waals surface area contributed by atoms with E-state index >= 15 is 0 Å². The van der Waals surface area contributed by atoms with E-state index in [4.69, 9.17) is 17.0 Å². The molecule has 112 valence electrons. The molecule has 1 heterocycles. The van der Waals surface area contributed by atoms with Crippen molar-refractivity contribution in [1.82, 2.24) is 4.57 Å². The molecule has 0 amide bonds. The molecule has 1 N–H and O–H groups in total. The average Bonchev–Trinajstić information content (AvgIpc) is 2.77. The van der Waals surface area contributed by atoms with Crippen molar-refractivity contribution in [3.05, 3.63) is 30.1 Å². The van der Waals surface area contributed by atoms with Crippen molar-refractivity contribution in [1.29, 1.82) is 0 Å². The molecule has 0 aliphatic rings. The van der Waals surface area contributed by atoms with Gasteiger partial charge in [-0.05, 0) is 36.7 Å². The summed E-state index contributed by atoms with van der Waals surface area (Å²) in [6, 6.07) is 5.51. The van der Waals surface area contributed by atoms with E-state index in [0.717, 1.165) is 16.5 Å². The summed E-state index contributed by atoms with van der Waals surface area (Å²) in [5, 5.41) is 11.1. The van der Waals surface area contributed by atoms with Crippen molar-refractivity contribution >= 4 is 45.2 Å². The van der Waals surface area contributed by atoms with E-state index in [1.165, 1.54) is 16.3 Å². The fourth-order valence-electron chi connectivity index (χ4n) is 2.31. The van der Waals surface area contributed by atoms with Gasteiger partial charge in [-0.1, -0.05) is 32.5 Å². The standard InChI is InChI=1S/C15H17NO3S2/c1-15(2,3)12-11-6-5-10(19-14(20)21-4)7-9(11)8-16(12)13(17)18/h5-8H,1-4H3,(H,17,18). The van der Waals surface area contributed by atoms with Crippen molar-refractivity contribution < 1.29 is 14.6 Å². The highest BCUT2D eigenvalue weighted by molar-refractivity contribution is 8.22. The Morgan fingerprint density at radius 3 is 2.57 bits per heavy atom. The first kappa shape index (κ1) is 15.9. The number of carbonyl (C=O) groups is 1. The topological polar surface area (TPSA) is 51.5 Å². The zero-order chi connectivity index (χ0) is 15.8. The average molecular weight is 323 g/mol. The highest BCUT2D eigenvalue weighted by Crippen LogP contribution is 2.33. The molecule has 0 radical (unpaired) electrons. The molecule has 0 aliphatic carbocycles. The molecule has 2 rings (SSSR count). The fourth-order valence-corrected chi connectivity index (χ4v) is 2.59. The van der Waals surface area contributed by atoms with Crippen molar-refractivity contribution in [3.63, 3.8) is 0 Å². The number of hydrogen-bond acceptors (Lipinski definition) is 4. The van der Waals surface area contributed by atoms with Crippen LogP contribution in [-0.2, 0) is 5.41 Å². The number of thioether (sulfide) groups is 1. The van der Waals surface area contributed by atoms with Crippen molar-refractivity contribution in [2.75, 3.05) is 6.26 Å². The van der Waals surface area contributed by atoms with Crippen molar-refractivity contribution in [2.45, 2.75) is 26.2 Å². The van der Waals surface area contributed by atoms with Crippen LogP contribution in [0.1, 0.15) is 26.5 Å². The first-order valence-electron chi connectivity index (χ1n) is 6.38. The lowest BCUT2D eigenvalue weighted by Crippen LogP contribution is -2.21. The lowest BCUT2D eigenvalue weighted by Gasteiger charge is -2.20. The highest BCUT2D eigenvalue weighted by atomic mass is 32.2. The molecule has 0 spiro atoms. The van der Waals surface area contributed by atoms with Crippen LogP contribution in [0.25, 0.3) is 10.8 Å².